The molecule has 1 atom stereocenters. The second kappa shape index (κ2) is 6.27. The summed E-state index contributed by atoms with van der Waals surface area (Å²) in [5.41, 5.74) is 0.829. The zero-order chi connectivity index (χ0) is 17.4. The zero-order valence-electron chi connectivity index (χ0n) is 12.8. The molecule has 0 aliphatic carbocycles. The summed E-state index contributed by atoms with van der Waals surface area (Å²) >= 11 is 0. The maximum Gasteiger partial charge on any atom is 0.422 e. The summed E-state index contributed by atoms with van der Waals surface area (Å²) in [6, 6.07) is 6.28. The molecule has 0 spiro atoms. The zero-order valence-corrected chi connectivity index (χ0v) is 13.6. The number of fused-ring (bicyclic) bond motifs is 1. The Balaban J connectivity index is 1.79. The maximum absolute atomic E-state index is 12.2. The number of halogens is 3. The van der Waals surface area contributed by atoms with Crippen molar-refractivity contribution in [1.82, 2.24) is 4.90 Å². The van der Waals surface area contributed by atoms with Crippen LogP contribution in [0.4, 0.5) is 13.2 Å². The van der Waals surface area contributed by atoms with Crippen molar-refractivity contribution in [3.63, 3.8) is 0 Å². The van der Waals surface area contributed by atoms with E-state index in [2.05, 4.69) is 4.40 Å². The van der Waals surface area contributed by atoms with E-state index >= 15 is 0 Å². The van der Waals surface area contributed by atoms with Crippen LogP contribution in [-0.4, -0.2) is 50.8 Å². The lowest BCUT2D eigenvalue weighted by Crippen LogP contribution is -2.46. The van der Waals surface area contributed by atoms with Crippen molar-refractivity contribution >= 4 is 15.9 Å². The number of hydrogen-bond donors (Lipinski definition) is 0. The Bertz CT molecular complexity index is 729. The Hall–Kier alpha value is -1.77. The number of sulfonamides is 1. The van der Waals surface area contributed by atoms with Crippen LogP contribution in [0, 0.1) is 0 Å². The summed E-state index contributed by atoms with van der Waals surface area (Å²) in [4.78, 5) is 1.98. The summed E-state index contributed by atoms with van der Waals surface area (Å²) in [6.07, 6.45) is -2.71. The number of amidine groups is 1. The molecule has 0 saturated carbocycles. The Morgan fingerprint density at radius 1 is 1.21 bits per heavy atom. The van der Waals surface area contributed by atoms with Crippen molar-refractivity contribution < 1.29 is 26.3 Å². The molecule has 0 radical (unpaired) electrons. The normalized spacial score (nSPS) is 23.4. The van der Waals surface area contributed by atoms with Gasteiger partial charge in [-0.25, -0.2) is 8.42 Å². The van der Waals surface area contributed by atoms with E-state index in [1.54, 1.807) is 12.1 Å². The third-order valence-electron chi connectivity index (χ3n) is 4.09. The molecule has 1 aromatic rings. The molecule has 0 amide bonds. The highest BCUT2D eigenvalue weighted by Crippen LogP contribution is 2.32. The van der Waals surface area contributed by atoms with Crippen molar-refractivity contribution in [2.24, 2.45) is 4.40 Å². The molecular weight excluding hydrogens is 345 g/mol. The van der Waals surface area contributed by atoms with E-state index < -0.39 is 22.8 Å². The third-order valence-corrected chi connectivity index (χ3v) is 5.26. The summed E-state index contributed by atoms with van der Waals surface area (Å²) in [6.45, 7) is -0.128. The molecule has 2 aliphatic heterocycles. The SMILES string of the molecule is O=S1(=O)CCN2CCCC(c3ccc(OCC(F)(F)F)cc3)C2=N1. The van der Waals surface area contributed by atoms with E-state index in [1.165, 1.54) is 12.1 Å². The van der Waals surface area contributed by atoms with Gasteiger partial charge in [-0.15, -0.1) is 4.40 Å². The first-order valence-corrected chi connectivity index (χ1v) is 9.21. The van der Waals surface area contributed by atoms with E-state index in [9.17, 15) is 21.6 Å². The fourth-order valence-corrected chi connectivity index (χ4v) is 4.06. The summed E-state index contributed by atoms with van der Waals surface area (Å²) in [5.74, 6) is 0.525. The molecule has 132 valence electrons. The van der Waals surface area contributed by atoms with E-state index in [-0.39, 0.29) is 17.4 Å². The van der Waals surface area contributed by atoms with Crippen LogP contribution in [0.3, 0.4) is 0 Å². The minimum Gasteiger partial charge on any atom is -0.484 e. The van der Waals surface area contributed by atoms with Crippen molar-refractivity contribution in [3.05, 3.63) is 29.8 Å². The molecule has 1 aromatic carbocycles. The molecule has 24 heavy (non-hydrogen) atoms. The molecule has 2 heterocycles. The van der Waals surface area contributed by atoms with Gasteiger partial charge >= 0.3 is 6.18 Å². The molecule has 1 saturated heterocycles. The van der Waals surface area contributed by atoms with Gasteiger partial charge in [-0.05, 0) is 30.5 Å². The van der Waals surface area contributed by atoms with Crippen LogP contribution in [0.15, 0.2) is 28.7 Å². The van der Waals surface area contributed by atoms with Gasteiger partial charge in [-0.1, -0.05) is 12.1 Å². The van der Waals surface area contributed by atoms with Crippen LogP contribution in [0.1, 0.15) is 24.3 Å². The average Bonchev–Trinajstić information content (AvgIpc) is 2.51. The highest BCUT2D eigenvalue weighted by atomic mass is 32.2. The monoisotopic (exact) mass is 362 g/mol. The third kappa shape index (κ3) is 4.00. The van der Waals surface area contributed by atoms with Gasteiger partial charge in [0.15, 0.2) is 6.61 Å². The fourth-order valence-electron chi connectivity index (χ4n) is 2.99. The molecule has 0 N–H and O–H groups in total. The fraction of sp³-hybridized carbons (Fsp3) is 0.533. The van der Waals surface area contributed by atoms with Gasteiger partial charge in [-0.2, -0.15) is 13.2 Å². The number of ether oxygens (including phenoxy) is 1. The van der Waals surface area contributed by atoms with Crippen molar-refractivity contribution in [1.29, 1.82) is 0 Å². The van der Waals surface area contributed by atoms with Crippen molar-refractivity contribution in [2.75, 3.05) is 25.4 Å². The number of alkyl halides is 3. The molecule has 1 fully saturated rings. The average molecular weight is 362 g/mol. The molecule has 0 aromatic heterocycles. The first-order valence-electron chi connectivity index (χ1n) is 7.60. The predicted octanol–water partition coefficient (Wildman–Crippen LogP) is 2.55. The van der Waals surface area contributed by atoms with Crippen molar-refractivity contribution in [3.8, 4) is 5.75 Å². The molecule has 3 rings (SSSR count). The number of piperidine rings is 1. The van der Waals surface area contributed by atoms with Gasteiger partial charge in [-0.3, -0.25) is 0 Å². The largest absolute Gasteiger partial charge is 0.484 e. The Kier molecular flexibility index (Phi) is 4.46. The van der Waals surface area contributed by atoms with Crippen LogP contribution in [0.25, 0.3) is 0 Å². The second-order valence-electron chi connectivity index (χ2n) is 5.89. The van der Waals surface area contributed by atoms with Crippen LogP contribution in [-0.2, 0) is 10.0 Å². The van der Waals surface area contributed by atoms with E-state index in [4.69, 9.17) is 4.74 Å². The van der Waals surface area contributed by atoms with Gasteiger partial charge < -0.3 is 9.64 Å². The van der Waals surface area contributed by atoms with Crippen LogP contribution >= 0.6 is 0 Å². The van der Waals surface area contributed by atoms with Crippen LogP contribution < -0.4 is 4.74 Å². The second-order valence-corrected chi connectivity index (χ2v) is 7.64. The van der Waals surface area contributed by atoms with Crippen LogP contribution in [0.5, 0.6) is 5.75 Å². The highest BCUT2D eigenvalue weighted by molar-refractivity contribution is 7.90. The molecule has 1 unspecified atom stereocenters. The highest BCUT2D eigenvalue weighted by Gasteiger charge is 2.33. The van der Waals surface area contributed by atoms with Gasteiger partial charge in [0, 0.05) is 19.0 Å². The Morgan fingerprint density at radius 2 is 1.92 bits per heavy atom. The summed E-state index contributed by atoms with van der Waals surface area (Å²) in [5, 5.41) is 0. The van der Waals surface area contributed by atoms with E-state index in [0.717, 1.165) is 24.9 Å². The molecular formula is C15H17F3N2O3S. The summed E-state index contributed by atoms with van der Waals surface area (Å²) < 4.78 is 68.7. The number of hydrogen-bond acceptors (Lipinski definition) is 4. The van der Waals surface area contributed by atoms with Gasteiger partial charge in [0.25, 0.3) is 10.0 Å². The number of rotatable bonds is 3. The first-order chi connectivity index (χ1) is 11.2. The molecule has 5 nitrogen and oxygen atoms in total. The Labute approximate surface area is 138 Å². The Morgan fingerprint density at radius 3 is 2.58 bits per heavy atom. The lowest BCUT2D eigenvalue weighted by molar-refractivity contribution is -0.153. The minimum atomic E-state index is -4.38. The minimum absolute atomic E-state index is 0.0213. The van der Waals surface area contributed by atoms with Crippen LogP contribution in [0.2, 0.25) is 0 Å². The molecule has 9 heteroatoms. The smallest absolute Gasteiger partial charge is 0.422 e. The lowest BCUT2D eigenvalue weighted by atomic mass is 9.89. The first kappa shape index (κ1) is 17.1. The number of nitrogens with zero attached hydrogens (tertiary/aromatic N) is 2. The summed E-state index contributed by atoms with van der Waals surface area (Å²) in [7, 11) is -3.43. The maximum atomic E-state index is 12.2. The quantitative estimate of drug-likeness (QED) is 0.829. The van der Waals surface area contributed by atoms with Gasteiger partial charge in [0.2, 0.25) is 0 Å². The number of benzene rings is 1. The van der Waals surface area contributed by atoms with Gasteiger partial charge in [0.05, 0.1) is 5.75 Å². The standard InChI is InChI=1S/C15H17F3N2O3S/c16-15(17,18)10-23-12-5-3-11(4-6-12)13-2-1-7-20-8-9-24(21,22)19-14(13)20/h3-6,13H,1-2,7-10H2. The van der Waals surface area contributed by atoms with E-state index in [0.29, 0.717) is 12.4 Å². The topological polar surface area (TPSA) is 59.0 Å². The lowest BCUT2D eigenvalue weighted by Gasteiger charge is -2.37. The predicted molar refractivity (Wildman–Crippen MR) is 82.8 cm³/mol. The molecule has 0 bridgehead atoms. The van der Waals surface area contributed by atoms with Crippen molar-refractivity contribution in [2.45, 2.75) is 24.9 Å². The van der Waals surface area contributed by atoms with Gasteiger partial charge in [0.1, 0.15) is 11.6 Å². The molecule has 2 aliphatic rings. The van der Waals surface area contributed by atoms with E-state index in [1.807, 2.05) is 4.90 Å².